The van der Waals surface area contributed by atoms with Crippen molar-refractivity contribution in [1.29, 1.82) is 0 Å². The third kappa shape index (κ3) is 4.45. The Morgan fingerprint density at radius 2 is 1.17 bits per heavy atom. The van der Waals surface area contributed by atoms with E-state index in [4.69, 9.17) is 0 Å². The fraction of sp³-hybridized carbons (Fsp3) is 0.185. The van der Waals surface area contributed by atoms with Crippen molar-refractivity contribution in [3.63, 3.8) is 0 Å². The summed E-state index contributed by atoms with van der Waals surface area (Å²) in [6.45, 7) is 1.83. The standard InChI is InChI=1S/C27H27OP/c1-3-4-5-15-22-27(28)23(2)29(24-16-9-6-10-17-24,25-18-11-7-12-19-25)26-20-13-8-14-21-26/h6-14,16-21H,3-5H2,1-2H3. The summed E-state index contributed by atoms with van der Waals surface area (Å²) in [5, 5.41) is 4.38. The molecule has 0 aliphatic rings. The van der Waals surface area contributed by atoms with E-state index >= 15 is 0 Å². The van der Waals surface area contributed by atoms with E-state index in [1.165, 1.54) is 15.9 Å². The second-order valence-corrected chi connectivity index (χ2v) is 10.6. The van der Waals surface area contributed by atoms with Gasteiger partial charge in [-0.1, -0.05) is 110 Å². The van der Waals surface area contributed by atoms with Gasteiger partial charge in [0.2, 0.25) is 5.78 Å². The van der Waals surface area contributed by atoms with E-state index in [1.54, 1.807) is 0 Å². The van der Waals surface area contributed by atoms with Gasteiger partial charge in [0, 0.05) is 11.7 Å². The van der Waals surface area contributed by atoms with E-state index in [0.717, 1.165) is 24.6 Å². The first kappa shape index (κ1) is 20.9. The van der Waals surface area contributed by atoms with Crippen LogP contribution in [-0.4, -0.2) is 11.1 Å². The van der Waals surface area contributed by atoms with Crippen LogP contribution in [0, 0.1) is 11.8 Å². The predicted molar refractivity (Wildman–Crippen MR) is 128 cm³/mol. The molecule has 146 valence electrons. The lowest BCUT2D eigenvalue weighted by Gasteiger charge is -2.30. The molecule has 3 aromatic carbocycles. The molecule has 0 bridgehead atoms. The Kier molecular flexibility index (Phi) is 7.29. The van der Waals surface area contributed by atoms with Crippen molar-refractivity contribution in [2.24, 2.45) is 0 Å². The van der Waals surface area contributed by atoms with Gasteiger partial charge in [-0.25, -0.2) is 0 Å². The van der Waals surface area contributed by atoms with Gasteiger partial charge < -0.3 is 0 Å². The fourth-order valence-electron chi connectivity index (χ4n) is 3.63. The fourth-order valence-corrected chi connectivity index (χ4v) is 7.91. The molecule has 0 fully saturated rings. The minimum absolute atomic E-state index is 0.0500. The predicted octanol–water partition coefficient (Wildman–Crippen LogP) is 4.94. The number of rotatable bonds is 6. The van der Waals surface area contributed by atoms with Gasteiger partial charge in [-0.05, 0) is 42.1 Å². The normalized spacial score (nSPS) is 10.7. The van der Waals surface area contributed by atoms with E-state index in [-0.39, 0.29) is 5.78 Å². The molecule has 0 aliphatic carbocycles. The molecule has 0 spiro atoms. The molecule has 0 N–H and O–H groups in total. The number of ketones is 1. The molecule has 2 heteroatoms. The molecule has 1 nitrogen and oxygen atoms in total. The Morgan fingerprint density at radius 3 is 1.55 bits per heavy atom. The summed E-state index contributed by atoms with van der Waals surface area (Å²) in [6.07, 6.45) is 2.87. The van der Waals surface area contributed by atoms with Gasteiger partial charge in [0.25, 0.3) is 0 Å². The Bertz CT molecular complexity index is 952. The molecule has 29 heavy (non-hydrogen) atoms. The van der Waals surface area contributed by atoms with E-state index in [2.05, 4.69) is 91.6 Å². The molecular weight excluding hydrogens is 371 g/mol. The Labute approximate surface area is 174 Å². The van der Waals surface area contributed by atoms with Gasteiger partial charge in [-0.2, -0.15) is 0 Å². The van der Waals surface area contributed by atoms with E-state index in [1.807, 2.05) is 25.1 Å². The molecule has 3 aromatic rings. The molecule has 0 saturated heterocycles. The average Bonchev–Trinajstić information content (AvgIpc) is 2.79. The molecule has 0 saturated carbocycles. The lowest BCUT2D eigenvalue weighted by Crippen LogP contribution is -2.32. The Balaban J connectivity index is 2.36. The maximum absolute atomic E-state index is 13.3. The average molecular weight is 398 g/mol. The van der Waals surface area contributed by atoms with Crippen molar-refractivity contribution in [3.05, 3.63) is 91.0 Å². The molecule has 3 rings (SSSR count). The zero-order chi connectivity index (χ0) is 20.5. The quantitative estimate of drug-likeness (QED) is 0.249. The maximum Gasteiger partial charge on any atom is 0.232 e. The van der Waals surface area contributed by atoms with Crippen LogP contribution in [0.2, 0.25) is 0 Å². The van der Waals surface area contributed by atoms with Gasteiger partial charge in [-0.15, -0.1) is 0 Å². The SMILES string of the molecule is CCCCC#CC(=O)C(C)=P(c1ccccc1)(c1ccccc1)c1ccccc1. The van der Waals surface area contributed by atoms with Crippen molar-refractivity contribution < 1.29 is 4.79 Å². The van der Waals surface area contributed by atoms with Crippen LogP contribution in [0.1, 0.15) is 33.1 Å². The number of carbonyl (C=O) groups excluding carboxylic acids is 1. The minimum Gasteiger partial charge on any atom is -0.280 e. The van der Waals surface area contributed by atoms with Crippen LogP contribution in [0.25, 0.3) is 0 Å². The third-order valence-electron chi connectivity index (χ3n) is 5.12. The first-order chi connectivity index (χ1) is 14.2. The number of unbranched alkanes of at least 4 members (excludes halogenated alkanes) is 2. The maximum atomic E-state index is 13.3. The molecule has 0 radical (unpaired) electrons. The van der Waals surface area contributed by atoms with E-state index in [0.29, 0.717) is 0 Å². The molecular formula is C27H27OP. The first-order valence-electron chi connectivity index (χ1n) is 10.1. The molecule has 0 unspecified atom stereocenters. The van der Waals surface area contributed by atoms with Crippen molar-refractivity contribution in [3.8, 4) is 11.8 Å². The number of benzene rings is 3. The highest BCUT2D eigenvalue weighted by molar-refractivity contribution is 7.96. The van der Waals surface area contributed by atoms with Crippen molar-refractivity contribution >= 4 is 33.9 Å². The van der Waals surface area contributed by atoms with Crippen LogP contribution >= 0.6 is 6.89 Å². The number of hydrogen-bond acceptors (Lipinski definition) is 1. The first-order valence-corrected chi connectivity index (χ1v) is 11.9. The highest BCUT2D eigenvalue weighted by Gasteiger charge is 2.30. The molecule has 0 aliphatic heterocycles. The van der Waals surface area contributed by atoms with Crippen LogP contribution in [-0.2, 0) is 4.79 Å². The minimum atomic E-state index is -2.29. The number of hydrogen-bond donors (Lipinski definition) is 0. The number of Topliss-reactive ketones (excluding diaryl/α,β-unsaturated/α-hetero) is 1. The van der Waals surface area contributed by atoms with Crippen LogP contribution in [0.3, 0.4) is 0 Å². The summed E-state index contributed by atoms with van der Waals surface area (Å²) in [6, 6.07) is 31.3. The van der Waals surface area contributed by atoms with Crippen LogP contribution < -0.4 is 15.9 Å². The van der Waals surface area contributed by atoms with Gasteiger partial charge in [0.05, 0.1) is 0 Å². The van der Waals surface area contributed by atoms with E-state index in [9.17, 15) is 4.79 Å². The van der Waals surface area contributed by atoms with Crippen LogP contribution in [0.15, 0.2) is 91.0 Å². The smallest absolute Gasteiger partial charge is 0.232 e. The molecule has 0 heterocycles. The van der Waals surface area contributed by atoms with Crippen molar-refractivity contribution in [2.45, 2.75) is 33.1 Å². The zero-order valence-electron chi connectivity index (χ0n) is 17.1. The lowest BCUT2D eigenvalue weighted by atomic mass is 10.2. The lowest BCUT2D eigenvalue weighted by molar-refractivity contribution is -0.108. The van der Waals surface area contributed by atoms with Gasteiger partial charge in [-0.3, -0.25) is 4.79 Å². The summed E-state index contributed by atoms with van der Waals surface area (Å²) < 4.78 is 0. The third-order valence-corrected chi connectivity index (χ3v) is 9.55. The Morgan fingerprint density at radius 1 is 0.759 bits per heavy atom. The molecule has 0 amide bonds. The highest BCUT2D eigenvalue weighted by atomic mass is 31.2. The number of carbonyl (C=O) groups is 1. The summed E-state index contributed by atoms with van der Waals surface area (Å²) in [7, 11) is 0. The summed E-state index contributed by atoms with van der Waals surface area (Å²) in [5.41, 5.74) is 0. The Hall–Kier alpha value is -2.81. The zero-order valence-corrected chi connectivity index (χ0v) is 18.0. The van der Waals surface area contributed by atoms with Gasteiger partial charge >= 0.3 is 0 Å². The van der Waals surface area contributed by atoms with Gasteiger partial charge in [0.1, 0.15) is 0 Å². The van der Waals surface area contributed by atoms with Crippen molar-refractivity contribution in [2.75, 3.05) is 0 Å². The van der Waals surface area contributed by atoms with Gasteiger partial charge in [0.15, 0.2) is 0 Å². The second-order valence-electron chi connectivity index (χ2n) is 7.00. The summed E-state index contributed by atoms with van der Waals surface area (Å²) >= 11 is 0. The molecule has 0 atom stereocenters. The van der Waals surface area contributed by atoms with Crippen LogP contribution in [0.4, 0.5) is 0 Å². The second kappa shape index (κ2) is 10.1. The highest BCUT2D eigenvalue weighted by Crippen LogP contribution is 2.46. The van der Waals surface area contributed by atoms with Crippen molar-refractivity contribution in [1.82, 2.24) is 0 Å². The van der Waals surface area contributed by atoms with Crippen LogP contribution in [0.5, 0.6) is 0 Å². The summed E-state index contributed by atoms with van der Waals surface area (Å²) in [5.74, 6) is 5.97. The topological polar surface area (TPSA) is 17.1 Å². The monoisotopic (exact) mass is 398 g/mol. The summed E-state index contributed by atoms with van der Waals surface area (Å²) in [4.78, 5) is 13.3. The van der Waals surface area contributed by atoms with E-state index < -0.39 is 6.89 Å². The largest absolute Gasteiger partial charge is 0.280 e. The molecule has 0 aromatic heterocycles.